The Morgan fingerprint density at radius 3 is 2.34 bits per heavy atom. The fraction of sp³-hybridized carbons (Fsp3) is 0.345. The van der Waals surface area contributed by atoms with E-state index < -0.39 is 23.6 Å². The largest absolute Gasteiger partial charge is 0.444 e. The molecular formula is C29H33FN4O3S. The van der Waals surface area contributed by atoms with E-state index in [-0.39, 0.29) is 5.82 Å². The number of ether oxygens (including phenoxy) is 1. The number of rotatable bonds is 6. The first kappa shape index (κ1) is 28.7. The van der Waals surface area contributed by atoms with Crippen molar-refractivity contribution < 1.29 is 18.7 Å². The van der Waals surface area contributed by atoms with Crippen LogP contribution in [0, 0.1) is 17.1 Å². The van der Waals surface area contributed by atoms with Crippen LogP contribution >= 0.6 is 11.3 Å². The van der Waals surface area contributed by atoms with Gasteiger partial charge in [0.25, 0.3) is 0 Å². The Kier molecular flexibility index (Phi) is 9.85. The van der Waals surface area contributed by atoms with Crippen LogP contribution in [0.3, 0.4) is 0 Å². The number of alkyl carbamates (subject to hydrolysis) is 1. The van der Waals surface area contributed by atoms with Gasteiger partial charge in [-0.15, -0.1) is 11.3 Å². The zero-order valence-electron chi connectivity index (χ0n) is 21.9. The normalized spacial score (nSPS) is 13.6. The van der Waals surface area contributed by atoms with Crippen molar-refractivity contribution in [1.29, 1.82) is 5.26 Å². The molecule has 0 spiro atoms. The molecule has 0 radical (unpaired) electrons. The van der Waals surface area contributed by atoms with E-state index in [2.05, 4.69) is 16.3 Å². The van der Waals surface area contributed by atoms with Crippen LogP contribution in [0.5, 0.6) is 0 Å². The summed E-state index contributed by atoms with van der Waals surface area (Å²) in [6, 6.07) is 17.5. The lowest BCUT2D eigenvalue weighted by Gasteiger charge is -2.22. The molecule has 3 aromatic rings. The molecule has 0 aliphatic carbocycles. The van der Waals surface area contributed by atoms with Crippen molar-refractivity contribution in [2.24, 2.45) is 5.73 Å². The quantitative estimate of drug-likeness (QED) is 0.424. The molecule has 2 heterocycles. The van der Waals surface area contributed by atoms with Gasteiger partial charge in [0, 0.05) is 24.4 Å². The van der Waals surface area contributed by atoms with Crippen LogP contribution in [0.25, 0.3) is 11.1 Å². The van der Waals surface area contributed by atoms with Crippen molar-refractivity contribution in [2.45, 2.75) is 51.7 Å². The van der Waals surface area contributed by atoms with Crippen LogP contribution in [-0.2, 0) is 16.0 Å². The average Bonchev–Trinajstić information content (AvgIpc) is 3.58. The molecule has 0 bridgehead atoms. The van der Waals surface area contributed by atoms with Gasteiger partial charge in [0.05, 0.1) is 11.3 Å². The van der Waals surface area contributed by atoms with E-state index in [4.69, 9.17) is 10.5 Å². The van der Waals surface area contributed by atoms with Gasteiger partial charge in [-0.25, -0.2) is 9.18 Å². The zero-order chi connectivity index (χ0) is 27.7. The highest BCUT2D eigenvalue weighted by Crippen LogP contribution is 2.29. The Morgan fingerprint density at radius 2 is 1.79 bits per heavy atom. The summed E-state index contributed by atoms with van der Waals surface area (Å²) in [7, 11) is 0. The van der Waals surface area contributed by atoms with E-state index in [0.717, 1.165) is 34.8 Å². The first-order valence-electron chi connectivity index (χ1n) is 12.4. The molecule has 1 aliphatic heterocycles. The maximum absolute atomic E-state index is 13.0. The Bertz CT molecular complexity index is 1260. The fourth-order valence-corrected chi connectivity index (χ4v) is 4.74. The summed E-state index contributed by atoms with van der Waals surface area (Å²) in [6.45, 7) is 7.30. The van der Waals surface area contributed by atoms with Gasteiger partial charge in [0.2, 0.25) is 5.91 Å². The van der Waals surface area contributed by atoms with Crippen LogP contribution < -0.4 is 16.0 Å². The van der Waals surface area contributed by atoms with E-state index in [9.17, 15) is 19.2 Å². The molecule has 1 aliphatic rings. The first-order valence-corrected chi connectivity index (χ1v) is 13.3. The minimum Gasteiger partial charge on any atom is -0.444 e. The number of hydrogen-bond donors (Lipinski definition) is 2. The average molecular weight is 537 g/mol. The number of halogens is 1. The molecule has 9 heteroatoms. The summed E-state index contributed by atoms with van der Waals surface area (Å²) < 4.78 is 18.0. The lowest BCUT2D eigenvalue weighted by Crippen LogP contribution is -2.47. The van der Waals surface area contributed by atoms with E-state index in [1.165, 1.54) is 36.3 Å². The lowest BCUT2D eigenvalue weighted by molar-refractivity contribution is -0.120. The predicted octanol–water partition coefficient (Wildman–Crippen LogP) is 5.63. The maximum atomic E-state index is 13.0. The topological polar surface area (TPSA) is 108 Å². The van der Waals surface area contributed by atoms with Gasteiger partial charge in [-0.1, -0.05) is 24.3 Å². The molecule has 4 rings (SSSR count). The van der Waals surface area contributed by atoms with E-state index in [0.29, 0.717) is 12.0 Å². The molecule has 200 valence electrons. The van der Waals surface area contributed by atoms with Crippen LogP contribution in [0.15, 0.2) is 60.0 Å². The summed E-state index contributed by atoms with van der Waals surface area (Å²) in [6.07, 6.45) is 2.12. The number of anilines is 1. The maximum Gasteiger partial charge on any atom is 0.408 e. The van der Waals surface area contributed by atoms with Gasteiger partial charge in [-0.05, 0) is 80.5 Å². The SMILES string of the molecule is CC(C)(C)OC(=O)N[C@@H](Cc1cccs1)C(N)=O.N#Cc1cc(-c2ccc(F)cc2)ccc1N1CCCC1. The zero-order valence-corrected chi connectivity index (χ0v) is 22.7. The molecule has 1 saturated heterocycles. The smallest absolute Gasteiger partial charge is 0.408 e. The highest BCUT2D eigenvalue weighted by Gasteiger charge is 2.23. The summed E-state index contributed by atoms with van der Waals surface area (Å²) in [4.78, 5) is 26.1. The third-order valence-corrected chi connectivity index (χ3v) is 6.66. The molecular weight excluding hydrogens is 503 g/mol. The Hall–Kier alpha value is -3.90. The molecule has 2 amide bonds. The van der Waals surface area contributed by atoms with Gasteiger partial charge >= 0.3 is 6.09 Å². The van der Waals surface area contributed by atoms with Gasteiger partial charge < -0.3 is 20.7 Å². The standard InChI is InChI=1S/C17H15FN2.C12H18N2O3S/c18-16-6-3-13(4-7-16)14-5-8-17(15(11-14)12-19)20-9-1-2-10-20;1-12(2,3)17-11(16)14-9(10(13)15)7-8-5-4-6-18-8/h3-8,11H,1-2,9-10H2;4-6,9H,7H2,1-3H3,(H2,13,15)(H,14,16)/t;9-/m.0/s1. The highest BCUT2D eigenvalue weighted by atomic mass is 32.1. The summed E-state index contributed by atoms with van der Waals surface area (Å²) in [5, 5.41) is 13.7. The molecule has 1 atom stereocenters. The Labute approximate surface area is 227 Å². The number of nitrogens with zero attached hydrogens (tertiary/aromatic N) is 2. The molecule has 0 unspecified atom stereocenters. The minimum absolute atomic E-state index is 0.247. The molecule has 38 heavy (non-hydrogen) atoms. The van der Waals surface area contributed by atoms with Crippen molar-refractivity contribution in [3.63, 3.8) is 0 Å². The summed E-state index contributed by atoms with van der Waals surface area (Å²) >= 11 is 1.51. The minimum atomic E-state index is -0.751. The van der Waals surface area contributed by atoms with Gasteiger partial charge in [-0.2, -0.15) is 5.26 Å². The molecule has 2 aromatic carbocycles. The van der Waals surface area contributed by atoms with Crippen molar-refractivity contribution >= 4 is 29.0 Å². The number of thiophene rings is 1. The second kappa shape index (κ2) is 13.1. The molecule has 1 fully saturated rings. The lowest BCUT2D eigenvalue weighted by atomic mass is 10.0. The Morgan fingerprint density at radius 1 is 1.13 bits per heavy atom. The van der Waals surface area contributed by atoms with Gasteiger partial charge in [0.15, 0.2) is 0 Å². The number of hydrogen-bond acceptors (Lipinski definition) is 6. The molecule has 0 saturated carbocycles. The van der Waals surface area contributed by atoms with Crippen LogP contribution in [0.1, 0.15) is 44.1 Å². The van der Waals surface area contributed by atoms with Crippen molar-refractivity contribution in [3.8, 4) is 17.2 Å². The van der Waals surface area contributed by atoms with Crippen LogP contribution in [0.2, 0.25) is 0 Å². The summed E-state index contributed by atoms with van der Waals surface area (Å²) in [5.74, 6) is -0.822. The monoisotopic (exact) mass is 536 g/mol. The van der Waals surface area contributed by atoms with E-state index in [1.807, 2.05) is 35.7 Å². The number of amides is 2. The van der Waals surface area contributed by atoms with Gasteiger partial charge in [0.1, 0.15) is 23.5 Å². The predicted molar refractivity (Wildman–Crippen MR) is 148 cm³/mol. The molecule has 1 aromatic heterocycles. The second-order valence-corrected chi connectivity index (χ2v) is 11.0. The van der Waals surface area contributed by atoms with Crippen LogP contribution in [0.4, 0.5) is 14.9 Å². The number of primary amides is 1. The van der Waals surface area contributed by atoms with Crippen LogP contribution in [-0.4, -0.2) is 36.7 Å². The molecule has 7 nitrogen and oxygen atoms in total. The fourth-order valence-electron chi connectivity index (χ4n) is 3.98. The van der Waals surface area contributed by atoms with Gasteiger partial charge in [-0.3, -0.25) is 4.79 Å². The number of nitrogens with two attached hydrogens (primary N) is 1. The number of nitriles is 1. The van der Waals surface area contributed by atoms with E-state index >= 15 is 0 Å². The number of carbonyl (C=O) groups excluding carboxylic acids is 2. The van der Waals surface area contributed by atoms with Crippen molar-refractivity contribution in [2.75, 3.05) is 18.0 Å². The Balaban J connectivity index is 0.000000212. The van der Waals surface area contributed by atoms with Crippen molar-refractivity contribution in [1.82, 2.24) is 5.32 Å². The number of nitrogens with one attached hydrogen (secondary N) is 1. The number of benzene rings is 2. The molecule has 3 N–H and O–H groups in total. The third kappa shape index (κ3) is 8.60. The third-order valence-electron chi connectivity index (χ3n) is 5.76. The van der Waals surface area contributed by atoms with E-state index in [1.54, 1.807) is 32.9 Å². The second-order valence-electron chi connectivity index (χ2n) is 9.93. The summed E-state index contributed by atoms with van der Waals surface area (Å²) in [5.41, 5.74) is 8.23. The number of carbonyl (C=O) groups is 2. The first-order chi connectivity index (χ1) is 18.1. The van der Waals surface area contributed by atoms with Crippen molar-refractivity contribution in [3.05, 3.63) is 76.2 Å². The highest BCUT2D eigenvalue weighted by molar-refractivity contribution is 7.09.